The predicted molar refractivity (Wildman–Crippen MR) is 157 cm³/mol. The van der Waals surface area contributed by atoms with Crippen LogP contribution in [0.1, 0.15) is 45.4 Å². The van der Waals surface area contributed by atoms with Gasteiger partial charge in [0.05, 0.1) is 16.9 Å². The monoisotopic (exact) mass is 569 g/mol. The molecule has 3 amide bonds. The Morgan fingerprint density at radius 2 is 1.67 bits per heavy atom. The second-order valence-electron chi connectivity index (χ2n) is 9.72. The van der Waals surface area contributed by atoms with E-state index < -0.39 is 29.7 Å². The largest absolute Gasteiger partial charge is 0.356 e. The number of allylic oxidation sites excluding steroid dienone is 1. The zero-order chi connectivity index (χ0) is 29.9. The van der Waals surface area contributed by atoms with Gasteiger partial charge < -0.3 is 20.1 Å². The van der Waals surface area contributed by atoms with Crippen molar-refractivity contribution in [1.29, 1.82) is 0 Å². The second-order valence-corrected chi connectivity index (χ2v) is 9.72. The summed E-state index contributed by atoms with van der Waals surface area (Å²) in [5.74, 6) is -3.97. The van der Waals surface area contributed by atoms with Crippen molar-refractivity contribution in [3.63, 3.8) is 0 Å². The van der Waals surface area contributed by atoms with E-state index in [2.05, 4.69) is 15.6 Å². The lowest BCUT2D eigenvalue weighted by molar-refractivity contribution is -0.116. The summed E-state index contributed by atoms with van der Waals surface area (Å²) < 4.78 is 32.2. The number of nitrogens with zero attached hydrogens (tertiary/aromatic N) is 3. The number of hydrogen-bond acceptors (Lipinski definition) is 4. The first-order valence-electron chi connectivity index (χ1n) is 13.5. The molecule has 214 valence electrons. The molecular formula is C32H29F2N5O3. The Kier molecular flexibility index (Phi) is 7.97. The molecule has 1 aliphatic heterocycles. The van der Waals surface area contributed by atoms with Crippen LogP contribution in [0.25, 0.3) is 11.3 Å². The molecule has 0 unspecified atom stereocenters. The molecule has 10 heteroatoms. The van der Waals surface area contributed by atoms with Crippen LogP contribution in [-0.2, 0) is 11.2 Å². The van der Waals surface area contributed by atoms with E-state index in [0.717, 1.165) is 11.9 Å². The van der Waals surface area contributed by atoms with Crippen molar-refractivity contribution in [3.8, 4) is 5.69 Å². The molecule has 0 aliphatic carbocycles. The smallest absolute Gasteiger partial charge is 0.275 e. The highest BCUT2D eigenvalue weighted by atomic mass is 19.3. The molecular weight excluding hydrogens is 540 g/mol. The van der Waals surface area contributed by atoms with Gasteiger partial charge in [0, 0.05) is 67.3 Å². The Morgan fingerprint density at radius 3 is 2.38 bits per heavy atom. The fourth-order valence-electron chi connectivity index (χ4n) is 4.98. The number of rotatable bonds is 6. The van der Waals surface area contributed by atoms with Gasteiger partial charge in [0.15, 0.2) is 0 Å². The van der Waals surface area contributed by atoms with Gasteiger partial charge in [0.25, 0.3) is 17.7 Å². The summed E-state index contributed by atoms with van der Waals surface area (Å²) in [5, 5.41) is 5.21. The zero-order valence-electron chi connectivity index (χ0n) is 23.1. The Morgan fingerprint density at radius 1 is 0.976 bits per heavy atom. The summed E-state index contributed by atoms with van der Waals surface area (Å²) in [6, 6.07) is 19.8. The number of fused-ring (bicyclic) bond motifs is 1. The molecule has 42 heavy (non-hydrogen) atoms. The van der Waals surface area contributed by atoms with Crippen molar-refractivity contribution in [3.05, 3.63) is 114 Å². The number of alkyl halides is 2. The standard InChI is InChI=1S/C32H29F2N5O3/c1-3-28-36-17-19-38(28)27-11-7-5-9-24(27)30(41)37-22-14-12-21(13-15-22)31(42)39-18-16-32(33,34)25(20-29(40)35-2)23-8-4-6-10-26(23)39/h4-15,17,19-20H,3,16,18H2,1-2H3,(H,35,40)(H,37,41)/b25-20-. The first-order valence-corrected chi connectivity index (χ1v) is 13.5. The van der Waals surface area contributed by atoms with Crippen molar-refractivity contribution >= 4 is 34.7 Å². The van der Waals surface area contributed by atoms with Gasteiger partial charge in [-0.1, -0.05) is 37.3 Å². The number of para-hydroxylation sites is 2. The topological polar surface area (TPSA) is 96.3 Å². The van der Waals surface area contributed by atoms with Crippen LogP contribution in [0.4, 0.5) is 20.2 Å². The molecule has 1 aromatic heterocycles. The number of likely N-dealkylation sites (N-methyl/N-ethyl adjacent to an activating group) is 1. The first-order chi connectivity index (χ1) is 20.2. The number of carbonyl (C=O) groups excluding carboxylic acids is 3. The molecule has 0 saturated carbocycles. The van der Waals surface area contributed by atoms with Crippen LogP contribution in [0.2, 0.25) is 0 Å². The number of benzene rings is 3. The highest BCUT2D eigenvalue weighted by Crippen LogP contribution is 2.43. The minimum Gasteiger partial charge on any atom is -0.356 e. The molecule has 3 aromatic carbocycles. The highest BCUT2D eigenvalue weighted by molar-refractivity contribution is 6.10. The van der Waals surface area contributed by atoms with Crippen LogP contribution in [0.3, 0.4) is 0 Å². The van der Waals surface area contributed by atoms with Gasteiger partial charge in [-0.2, -0.15) is 0 Å². The lowest BCUT2D eigenvalue weighted by Crippen LogP contribution is -2.33. The van der Waals surface area contributed by atoms with E-state index in [-0.39, 0.29) is 29.3 Å². The number of amides is 3. The Bertz CT molecular complexity index is 1680. The van der Waals surface area contributed by atoms with Crippen molar-refractivity contribution in [2.24, 2.45) is 0 Å². The number of aryl methyl sites for hydroxylation is 1. The summed E-state index contributed by atoms with van der Waals surface area (Å²) in [4.78, 5) is 44.5. The van der Waals surface area contributed by atoms with Gasteiger partial charge in [-0.05, 0) is 42.5 Å². The Balaban J connectivity index is 1.39. The highest BCUT2D eigenvalue weighted by Gasteiger charge is 2.41. The van der Waals surface area contributed by atoms with E-state index in [1.807, 2.05) is 23.6 Å². The van der Waals surface area contributed by atoms with Crippen molar-refractivity contribution in [1.82, 2.24) is 14.9 Å². The van der Waals surface area contributed by atoms with Crippen LogP contribution in [0.5, 0.6) is 0 Å². The number of aromatic nitrogens is 2. The van der Waals surface area contributed by atoms with E-state index >= 15 is 8.78 Å². The van der Waals surface area contributed by atoms with Crippen LogP contribution < -0.4 is 15.5 Å². The van der Waals surface area contributed by atoms with Crippen molar-refractivity contribution < 1.29 is 23.2 Å². The summed E-state index contributed by atoms with van der Waals surface area (Å²) in [5.41, 5.74) is 1.83. The van der Waals surface area contributed by atoms with E-state index in [4.69, 9.17) is 0 Å². The SMILES string of the molecule is CCc1nccn1-c1ccccc1C(=O)Nc1ccc(C(=O)N2CCC(F)(F)/C(=C\C(=O)NC)c3ccccc32)cc1. The lowest BCUT2D eigenvalue weighted by Gasteiger charge is -2.23. The molecule has 2 N–H and O–H groups in total. The summed E-state index contributed by atoms with van der Waals surface area (Å²) in [6.45, 7) is 1.73. The van der Waals surface area contributed by atoms with Crippen LogP contribution in [0, 0.1) is 0 Å². The maximum atomic E-state index is 15.2. The molecule has 5 rings (SSSR count). The molecule has 0 saturated heterocycles. The fourth-order valence-corrected chi connectivity index (χ4v) is 4.98. The van der Waals surface area contributed by atoms with Gasteiger partial charge in [-0.3, -0.25) is 14.4 Å². The van der Waals surface area contributed by atoms with E-state index in [1.54, 1.807) is 67.0 Å². The molecule has 0 spiro atoms. The van der Waals surface area contributed by atoms with Gasteiger partial charge >= 0.3 is 0 Å². The molecule has 0 atom stereocenters. The minimum atomic E-state index is -3.32. The number of carbonyl (C=O) groups is 3. The third kappa shape index (κ3) is 5.56. The van der Waals surface area contributed by atoms with Crippen LogP contribution in [-0.4, -0.2) is 46.8 Å². The third-order valence-electron chi connectivity index (χ3n) is 7.13. The average Bonchev–Trinajstić information content (AvgIpc) is 3.45. The summed E-state index contributed by atoms with van der Waals surface area (Å²) in [7, 11) is 1.36. The van der Waals surface area contributed by atoms with Crippen LogP contribution >= 0.6 is 0 Å². The summed E-state index contributed by atoms with van der Waals surface area (Å²) >= 11 is 0. The second kappa shape index (κ2) is 11.8. The maximum absolute atomic E-state index is 15.2. The van der Waals surface area contributed by atoms with Gasteiger partial charge in [0.1, 0.15) is 5.82 Å². The number of nitrogens with one attached hydrogen (secondary N) is 2. The molecule has 2 heterocycles. The molecule has 0 bridgehead atoms. The van der Waals surface area contributed by atoms with Crippen molar-refractivity contribution in [2.75, 3.05) is 23.8 Å². The molecule has 4 aromatic rings. The number of hydrogen-bond donors (Lipinski definition) is 2. The maximum Gasteiger partial charge on any atom is 0.275 e. The minimum absolute atomic E-state index is 0.114. The molecule has 1 aliphatic rings. The number of halogens is 2. The average molecular weight is 570 g/mol. The molecule has 8 nitrogen and oxygen atoms in total. The summed E-state index contributed by atoms with van der Waals surface area (Å²) in [6.07, 6.45) is 4.42. The number of imidazole rings is 1. The van der Waals surface area contributed by atoms with Gasteiger partial charge in [-0.15, -0.1) is 0 Å². The lowest BCUT2D eigenvalue weighted by atomic mass is 9.97. The molecule has 0 radical (unpaired) electrons. The third-order valence-corrected chi connectivity index (χ3v) is 7.13. The van der Waals surface area contributed by atoms with Gasteiger partial charge in [-0.25, -0.2) is 13.8 Å². The predicted octanol–water partition coefficient (Wildman–Crippen LogP) is 5.50. The Hall–Kier alpha value is -5.12. The van der Waals surface area contributed by atoms with E-state index in [9.17, 15) is 14.4 Å². The van der Waals surface area contributed by atoms with E-state index in [0.29, 0.717) is 23.4 Å². The van der Waals surface area contributed by atoms with Crippen LogP contribution in [0.15, 0.2) is 91.3 Å². The molecule has 0 fully saturated rings. The first kappa shape index (κ1) is 28.4. The number of anilines is 2. The zero-order valence-corrected chi connectivity index (χ0v) is 23.1. The van der Waals surface area contributed by atoms with Gasteiger partial charge in [0.2, 0.25) is 5.91 Å². The van der Waals surface area contributed by atoms with E-state index in [1.165, 1.54) is 18.0 Å². The quantitative estimate of drug-likeness (QED) is 0.300. The van der Waals surface area contributed by atoms with Crippen molar-refractivity contribution in [2.45, 2.75) is 25.7 Å². The Labute approximate surface area is 241 Å². The normalized spacial score (nSPS) is 15.0. The fraction of sp³-hybridized carbons (Fsp3) is 0.188.